The maximum absolute atomic E-state index is 12.7. The highest BCUT2D eigenvalue weighted by Gasteiger charge is 2.22. The van der Waals surface area contributed by atoms with Gasteiger partial charge in [0.15, 0.2) is 0 Å². The van der Waals surface area contributed by atoms with Crippen LogP contribution >= 0.6 is 0 Å². The van der Waals surface area contributed by atoms with Crippen LogP contribution in [0.15, 0.2) is 67.0 Å². The van der Waals surface area contributed by atoms with Gasteiger partial charge < -0.3 is 9.64 Å². The first-order valence-corrected chi connectivity index (χ1v) is 9.92. The Morgan fingerprint density at radius 3 is 2.34 bits per heavy atom. The maximum Gasteiger partial charge on any atom is 0.254 e. The van der Waals surface area contributed by atoms with Crippen molar-refractivity contribution < 1.29 is 9.53 Å². The fourth-order valence-corrected chi connectivity index (χ4v) is 3.64. The van der Waals surface area contributed by atoms with Gasteiger partial charge in [-0.2, -0.15) is 5.10 Å². The molecule has 1 aliphatic heterocycles. The van der Waals surface area contributed by atoms with Crippen LogP contribution in [0.3, 0.4) is 0 Å². The zero-order valence-corrected chi connectivity index (χ0v) is 16.7. The second-order valence-corrected chi connectivity index (χ2v) is 7.32. The molecule has 1 fully saturated rings. The molecule has 0 spiro atoms. The van der Waals surface area contributed by atoms with E-state index in [0.717, 1.165) is 39.3 Å². The fraction of sp³-hybridized carbons (Fsp3) is 0.304. The molecule has 1 saturated heterocycles. The van der Waals surface area contributed by atoms with Crippen LogP contribution in [0.25, 0.3) is 0 Å². The van der Waals surface area contributed by atoms with Gasteiger partial charge >= 0.3 is 0 Å². The molecule has 1 aliphatic rings. The van der Waals surface area contributed by atoms with Gasteiger partial charge in [0.1, 0.15) is 5.75 Å². The molecular weight excluding hydrogens is 364 g/mol. The predicted octanol–water partition coefficient (Wildman–Crippen LogP) is 2.90. The number of methoxy groups -OCH3 is 1. The lowest BCUT2D eigenvalue weighted by Gasteiger charge is -2.34. The van der Waals surface area contributed by atoms with Crippen LogP contribution in [0.1, 0.15) is 21.5 Å². The van der Waals surface area contributed by atoms with Crippen molar-refractivity contribution in [2.75, 3.05) is 33.3 Å². The van der Waals surface area contributed by atoms with E-state index in [9.17, 15) is 4.79 Å². The lowest BCUT2D eigenvalue weighted by atomic mass is 10.1. The summed E-state index contributed by atoms with van der Waals surface area (Å²) in [6.07, 6.45) is 3.77. The van der Waals surface area contributed by atoms with Gasteiger partial charge in [0.2, 0.25) is 0 Å². The molecule has 0 saturated carbocycles. The van der Waals surface area contributed by atoms with E-state index in [1.165, 1.54) is 11.1 Å². The molecule has 150 valence electrons. The summed E-state index contributed by atoms with van der Waals surface area (Å²) in [4.78, 5) is 17.1. The summed E-state index contributed by atoms with van der Waals surface area (Å²) in [5, 5.41) is 4.25. The topological polar surface area (TPSA) is 50.6 Å². The van der Waals surface area contributed by atoms with E-state index < -0.39 is 0 Å². The Balaban J connectivity index is 1.29. The van der Waals surface area contributed by atoms with Crippen molar-refractivity contribution in [1.82, 2.24) is 19.6 Å². The van der Waals surface area contributed by atoms with Gasteiger partial charge in [0.05, 0.1) is 13.7 Å². The number of hydrogen-bond acceptors (Lipinski definition) is 4. The third-order valence-electron chi connectivity index (χ3n) is 5.31. The van der Waals surface area contributed by atoms with Crippen molar-refractivity contribution in [3.8, 4) is 5.75 Å². The second kappa shape index (κ2) is 8.92. The summed E-state index contributed by atoms with van der Waals surface area (Å²) in [6, 6.07) is 18.0. The molecule has 0 N–H and O–H groups in total. The molecule has 0 atom stereocenters. The van der Waals surface area contributed by atoms with Crippen LogP contribution < -0.4 is 4.74 Å². The van der Waals surface area contributed by atoms with Crippen molar-refractivity contribution in [3.63, 3.8) is 0 Å². The number of nitrogens with zero attached hydrogens (tertiary/aromatic N) is 4. The van der Waals surface area contributed by atoms with Gasteiger partial charge in [-0.1, -0.05) is 30.3 Å². The average molecular weight is 390 g/mol. The normalized spacial score (nSPS) is 14.7. The third kappa shape index (κ3) is 4.84. The molecule has 0 radical (unpaired) electrons. The second-order valence-electron chi connectivity index (χ2n) is 7.32. The van der Waals surface area contributed by atoms with E-state index in [2.05, 4.69) is 34.3 Å². The van der Waals surface area contributed by atoms with E-state index in [-0.39, 0.29) is 5.91 Å². The van der Waals surface area contributed by atoms with Crippen LogP contribution in [-0.2, 0) is 13.1 Å². The molecule has 2 heterocycles. The highest BCUT2D eigenvalue weighted by atomic mass is 16.5. The average Bonchev–Trinajstić information content (AvgIpc) is 3.28. The van der Waals surface area contributed by atoms with Crippen LogP contribution in [0, 0.1) is 0 Å². The standard InChI is InChI=1S/C23H26N4O2/c1-29-22-5-2-4-21(16-22)23(28)26-14-12-25(13-15-26)17-19-6-8-20(9-7-19)18-27-11-3-10-24-27/h2-11,16H,12-15,17-18H2,1H3. The van der Waals surface area contributed by atoms with Gasteiger partial charge in [0.25, 0.3) is 5.91 Å². The van der Waals surface area contributed by atoms with Gasteiger partial charge in [-0.15, -0.1) is 0 Å². The van der Waals surface area contributed by atoms with Crippen molar-refractivity contribution in [1.29, 1.82) is 0 Å². The number of aromatic nitrogens is 2. The highest BCUT2D eigenvalue weighted by molar-refractivity contribution is 5.94. The molecule has 6 nitrogen and oxygen atoms in total. The van der Waals surface area contributed by atoms with Gasteiger partial charge in [-0.05, 0) is 35.4 Å². The molecular formula is C23H26N4O2. The van der Waals surface area contributed by atoms with Crippen molar-refractivity contribution >= 4 is 5.91 Å². The lowest BCUT2D eigenvalue weighted by Crippen LogP contribution is -2.48. The minimum atomic E-state index is 0.0755. The van der Waals surface area contributed by atoms with E-state index >= 15 is 0 Å². The van der Waals surface area contributed by atoms with Crippen molar-refractivity contribution in [3.05, 3.63) is 83.7 Å². The Hall–Kier alpha value is -3.12. The number of ether oxygens (including phenoxy) is 1. The molecule has 0 bridgehead atoms. The number of hydrogen-bond donors (Lipinski definition) is 0. The number of benzene rings is 2. The molecule has 29 heavy (non-hydrogen) atoms. The predicted molar refractivity (Wildman–Crippen MR) is 112 cm³/mol. The molecule has 4 rings (SSSR count). The van der Waals surface area contributed by atoms with Gasteiger partial charge in [-0.3, -0.25) is 14.4 Å². The Bertz CT molecular complexity index is 930. The zero-order chi connectivity index (χ0) is 20.1. The molecule has 0 aliphatic carbocycles. The number of piperazine rings is 1. The minimum Gasteiger partial charge on any atom is -0.497 e. The largest absolute Gasteiger partial charge is 0.497 e. The quantitative estimate of drug-likeness (QED) is 0.649. The molecule has 0 unspecified atom stereocenters. The SMILES string of the molecule is COc1cccc(C(=O)N2CCN(Cc3ccc(Cn4cccn4)cc3)CC2)c1. The van der Waals surface area contributed by atoms with Gasteiger partial charge in [0, 0.05) is 50.7 Å². The Morgan fingerprint density at radius 2 is 1.69 bits per heavy atom. The Labute approximate surface area is 171 Å². The monoisotopic (exact) mass is 390 g/mol. The number of rotatable bonds is 6. The molecule has 1 amide bonds. The summed E-state index contributed by atoms with van der Waals surface area (Å²) >= 11 is 0. The lowest BCUT2D eigenvalue weighted by molar-refractivity contribution is 0.0628. The molecule has 6 heteroatoms. The number of amides is 1. The van der Waals surface area contributed by atoms with Crippen LogP contribution in [-0.4, -0.2) is 58.8 Å². The van der Waals surface area contributed by atoms with Crippen LogP contribution in [0.4, 0.5) is 0 Å². The van der Waals surface area contributed by atoms with Crippen molar-refractivity contribution in [2.24, 2.45) is 0 Å². The Morgan fingerprint density at radius 1 is 0.966 bits per heavy atom. The smallest absolute Gasteiger partial charge is 0.254 e. The van der Waals surface area contributed by atoms with E-state index in [1.54, 1.807) is 19.4 Å². The van der Waals surface area contributed by atoms with Gasteiger partial charge in [-0.25, -0.2) is 0 Å². The Kier molecular flexibility index (Phi) is 5.91. The summed E-state index contributed by atoms with van der Waals surface area (Å²) in [5.41, 5.74) is 3.22. The summed E-state index contributed by atoms with van der Waals surface area (Å²) < 4.78 is 7.15. The van der Waals surface area contributed by atoms with E-state index in [1.807, 2.05) is 40.0 Å². The minimum absolute atomic E-state index is 0.0755. The highest BCUT2D eigenvalue weighted by Crippen LogP contribution is 2.16. The fourth-order valence-electron chi connectivity index (χ4n) is 3.64. The first-order chi connectivity index (χ1) is 14.2. The maximum atomic E-state index is 12.7. The molecule has 3 aromatic rings. The number of carbonyl (C=O) groups is 1. The first-order valence-electron chi connectivity index (χ1n) is 9.92. The molecule has 1 aromatic heterocycles. The summed E-state index contributed by atoms with van der Waals surface area (Å²) in [5.74, 6) is 0.789. The molecule has 2 aromatic carbocycles. The zero-order valence-electron chi connectivity index (χ0n) is 16.7. The van der Waals surface area contributed by atoms with Crippen LogP contribution in [0.2, 0.25) is 0 Å². The third-order valence-corrected chi connectivity index (χ3v) is 5.31. The summed E-state index contributed by atoms with van der Waals surface area (Å²) in [6.45, 7) is 4.94. The van der Waals surface area contributed by atoms with Crippen LogP contribution in [0.5, 0.6) is 5.75 Å². The number of carbonyl (C=O) groups excluding carboxylic acids is 1. The first kappa shape index (κ1) is 19.2. The van der Waals surface area contributed by atoms with Crippen molar-refractivity contribution in [2.45, 2.75) is 13.1 Å². The van der Waals surface area contributed by atoms with E-state index in [4.69, 9.17) is 4.74 Å². The summed E-state index contributed by atoms with van der Waals surface area (Å²) in [7, 11) is 1.62. The van der Waals surface area contributed by atoms with E-state index in [0.29, 0.717) is 11.3 Å².